The van der Waals surface area contributed by atoms with Crippen LogP contribution in [0, 0.1) is 0 Å². The average molecular weight is 342 g/mol. The highest BCUT2D eigenvalue weighted by Gasteiger charge is 2.11. The van der Waals surface area contributed by atoms with E-state index in [2.05, 4.69) is 16.7 Å². The molecule has 3 rings (SSSR count). The molecule has 5 heteroatoms. The van der Waals surface area contributed by atoms with Crippen molar-refractivity contribution in [3.8, 4) is 11.4 Å². The molecule has 0 aliphatic carbocycles. The van der Waals surface area contributed by atoms with Crippen molar-refractivity contribution in [3.63, 3.8) is 0 Å². The molecule has 0 aliphatic rings. The van der Waals surface area contributed by atoms with Gasteiger partial charge in [0.15, 0.2) is 5.82 Å². The van der Waals surface area contributed by atoms with Crippen LogP contribution in [0.25, 0.3) is 11.4 Å². The molecule has 2 aromatic carbocycles. The molecular formula is C18H16ClN3S. The third-order valence-corrected chi connectivity index (χ3v) is 4.43. The summed E-state index contributed by atoms with van der Waals surface area (Å²) in [6, 6.07) is 17.9. The molecule has 0 aliphatic heterocycles. The summed E-state index contributed by atoms with van der Waals surface area (Å²) in [4.78, 5) is 4.67. The molecule has 0 radical (unpaired) electrons. The summed E-state index contributed by atoms with van der Waals surface area (Å²) in [5.74, 6) is 1.67. The molecule has 0 saturated heterocycles. The van der Waals surface area contributed by atoms with E-state index in [4.69, 9.17) is 11.6 Å². The maximum atomic E-state index is 5.91. The van der Waals surface area contributed by atoms with Crippen LogP contribution in [-0.2, 0) is 12.3 Å². The lowest BCUT2D eigenvalue weighted by Gasteiger charge is -2.01. The molecule has 0 amide bonds. The third kappa shape index (κ3) is 4.03. The van der Waals surface area contributed by atoms with E-state index < -0.39 is 0 Å². The number of nitrogens with zero attached hydrogens (tertiary/aromatic N) is 3. The lowest BCUT2D eigenvalue weighted by molar-refractivity contribution is 0.687. The Morgan fingerprint density at radius 1 is 1.09 bits per heavy atom. The van der Waals surface area contributed by atoms with Crippen molar-refractivity contribution in [3.05, 3.63) is 77.8 Å². The molecule has 23 heavy (non-hydrogen) atoms. The van der Waals surface area contributed by atoms with Gasteiger partial charge >= 0.3 is 0 Å². The number of hydrogen-bond acceptors (Lipinski definition) is 3. The monoisotopic (exact) mass is 341 g/mol. The van der Waals surface area contributed by atoms with Crippen molar-refractivity contribution >= 4 is 23.4 Å². The summed E-state index contributed by atoms with van der Waals surface area (Å²) < 4.78 is 1.88. The molecule has 0 saturated carbocycles. The zero-order valence-corrected chi connectivity index (χ0v) is 14.1. The van der Waals surface area contributed by atoms with Gasteiger partial charge in [-0.05, 0) is 17.7 Å². The predicted molar refractivity (Wildman–Crippen MR) is 96.7 cm³/mol. The second-order valence-electron chi connectivity index (χ2n) is 4.97. The molecule has 0 spiro atoms. The highest BCUT2D eigenvalue weighted by Crippen LogP contribution is 2.24. The van der Waals surface area contributed by atoms with E-state index in [1.54, 1.807) is 11.8 Å². The lowest BCUT2D eigenvalue weighted by atomic mass is 10.2. The van der Waals surface area contributed by atoms with E-state index in [1.165, 1.54) is 5.56 Å². The summed E-state index contributed by atoms with van der Waals surface area (Å²) in [5, 5.41) is 6.09. The fourth-order valence-corrected chi connectivity index (χ4v) is 3.08. The number of allylic oxidation sites excluding steroid dienone is 1. The Bertz CT molecular complexity index is 782. The van der Waals surface area contributed by atoms with E-state index in [0.29, 0.717) is 6.54 Å². The summed E-state index contributed by atoms with van der Waals surface area (Å²) in [6.07, 6.45) is 1.83. The first kappa shape index (κ1) is 15.8. The molecule has 0 atom stereocenters. The van der Waals surface area contributed by atoms with Gasteiger partial charge in [0.2, 0.25) is 5.16 Å². The molecule has 1 heterocycles. The number of halogens is 1. The highest BCUT2D eigenvalue weighted by molar-refractivity contribution is 7.98. The van der Waals surface area contributed by atoms with E-state index >= 15 is 0 Å². The van der Waals surface area contributed by atoms with Gasteiger partial charge in [-0.15, -0.1) is 11.7 Å². The van der Waals surface area contributed by atoms with Gasteiger partial charge in [0.1, 0.15) is 0 Å². The zero-order chi connectivity index (χ0) is 16.1. The van der Waals surface area contributed by atoms with Crippen molar-refractivity contribution in [2.45, 2.75) is 17.5 Å². The van der Waals surface area contributed by atoms with Gasteiger partial charge in [-0.3, -0.25) is 0 Å². The van der Waals surface area contributed by atoms with Crippen LogP contribution >= 0.6 is 23.4 Å². The van der Waals surface area contributed by atoms with E-state index in [0.717, 1.165) is 27.3 Å². The molecule has 3 aromatic rings. The van der Waals surface area contributed by atoms with Crippen LogP contribution in [0.5, 0.6) is 0 Å². The molecule has 0 bridgehead atoms. The van der Waals surface area contributed by atoms with Crippen LogP contribution in [0.2, 0.25) is 5.02 Å². The summed E-state index contributed by atoms with van der Waals surface area (Å²) in [7, 11) is 0. The quantitative estimate of drug-likeness (QED) is 0.463. The lowest BCUT2D eigenvalue weighted by Crippen LogP contribution is -2.00. The van der Waals surface area contributed by atoms with Crippen molar-refractivity contribution in [1.82, 2.24) is 14.8 Å². The molecule has 0 unspecified atom stereocenters. The van der Waals surface area contributed by atoms with Gasteiger partial charge in [-0.1, -0.05) is 71.9 Å². The van der Waals surface area contributed by atoms with Crippen molar-refractivity contribution in [2.24, 2.45) is 0 Å². The van der Waals surface area contributed by atoms with Crippen LogP contribution in [0.4, 0.5) is 0 Å². The second kappa shape index (κ2) is 7.49. The fraction of sp³-hybridized carbons (Fsp3) is 0.111. The maximum absolute atomic E-state index is 5.91. The molecule has 116 valence electrons. The molecule has 1 aromatic heterocycles. The predicted octanol–water partition coefficient (Wildman–Crippen LogP) is 5.08. The number of hydrogen-bond donors (Lipinski definition) is 0. The molecular weight excluding hydrogens is 326 g/mol. The smallest absolute Gasteiger partial charge is 0.209 e. The Morgan fingerprint density at radius 3 is 2.52 bits per heavy atom. The second-order valence-corrected chi connectivity index (χ2v) is 6.35. The van der Waals surface area contributed by atoms with Gasteiger partial charge < -0.3 is 0 Å². The fourth-order valence-electron chi connectivity index (χ4n) is 2.16. The van der Waals surface area contributed by atoms with Crippen molar-refractivity contribution < 1.29 is 0 Å². The van der Waals surface area contributed by atoms with E-state index in [-0.39, 0.29) is 0 Å². The molecule has 0 N–H and O–H groups in total. The standard InChI is InChI=1S/C18H16ClN3S/c1-2-12-22-17(15-6-4-3-5-7-15)20-18(21-22)23-13-14-8-10-16(19)11-9-14/h2-11H,1,12-13H2. The number of aromatic nitrogens is 3. The number of thioether (sulfide) groups is 1. The van der Waals surface area contributed by atoms with Crippen LogP contribution in [0.1, 0.15) is 5.56 Å². The molecule has 0 fully saturated rings. The summed E-state index contributed by atoms with van der Waals surface area (Å²) in [5.41, 5.74) is 2.25. The largest absolute Gasteiger partial charge is 0.241 e. The topological polar surface area (TPSA) is 30.7 Å². The first-order valence-electron chi connectivity index (χ1n) is 7.24. The molecule has 3 nitrogen and oxygen atoms in total. The van der Waals surface area contributed by atoms with Crippen LogP contribution in [0.3, 0.4) is 0 Å². The van der Waals surface area contributed by atoms with Gasteiger partial charge in [-0.2, -0.15) is 0 Å². The Balaban J connectivity index is 1.80. The number of benzene rings is 2. The Hall–Kier alpha value is -2.04. The van der Waals surface area contributed by atoms with Gasteiger partial charge in [0.05, 0.1) is 6.54 Å². The van der Waals surface area contributed by atoms with Gasteiger partial charge in [-0.25, -0.2) is 9.67 Å². The summed E-state index contributed by atoms with van der Waals surface area (Å²) >= 11 is 7.53. The minimum Gasteiger partial charge on any atom is -0.241 e. The van der Waals surface area contributed by atoms with Crippen molar-refractivity contribution in [1.29, 1.82) is 0 Å². The Labute approximate surface area is 145 Å². The highest BCUT2D eigenvalue weighted by atomic mass is 35.5. The van der Waals surface area contributed by atoms with Crippen LogP contribution in [0.15, 0.2) is 72.4 Å². The Kier molecular flexibility index (Phi) is 5.16. The SMILES string of the molecule is C=CCn1nc(SCc2ccc(Cl)cc2)nc1-c1ccccc1. The van der Waals surface area contributed by atoms with E-state index in [1.807, 2.05) is 65.4 Å². The maximum Gasteiger partial charge on any atom is 0.209 e. The average Bonchev–Trinajstić information content (AvgIpc) is 2.99. The minimum absolute atomic E-state index is 0.638. The first-order chi connectivity index (χ1) is 11.3. The van der Waals surface area contributed by atoms with Gasteiger partial charge in [0.25, 0.3) is 0 Å². The van der Waals surface area contributed by atoms with Crippen molar-refractivity contribution in [2.75, 3.05) is 0 Å². The number of rotatable bonds is 6. The van der Waals surface area contributed by atoms with E-state index in [9.17, 15) is 0 Å². The summed E-state index contributed by atoms with van der Waals surface area (Å²) in [6.45, 7) is 4.43. The van der Waals surface area contributed by atoms with Crippen LogP contribution < -0.4 is 0 Å². The normalized spacial score (nSPS) is 10.7. The minimum atomic E-state index is 0.638. The first-order valence-corrected chi connectivity index (χ1v) is 8.61. The van der Waals surface area contributed by atoms with Crippen LogP contribution in [-0.4, -0.2) is 14.8 Å². The zero-order valence-electron chi connectivity index (χ0n) is 12.5. The van der Waals surface area contributed by atoms with Gasteiger partial charge in [0, 0.05) is 16.3 Å². The Morgan fingerprint density at radius 2 is 1.83 bits per heavy atom. The third-order valence-electron chi connectivity index (χ3n) is 3.27.